The Balaban J connectivity index is 2.93. The lowest BCUT2D eigenvalue weighted by atomic mass is 10.2. The van der Waals surface area contributed by atoms with Gasteiger partial charge in [-0.25, -0.2) is 4.98 Å². The molecule has 0 saturated carbocycles. The highest BCUT2D eigenvalue weighted by atomic mass is 16.1. The second-order valence-corrected chi connectivity index (χ2v) is 2.95. The first-order valence-corrected chi connectivity index (χ1v) is 3.78. The second kappa shape index (κ2) is 3.34. The molecular formula is C9H12N2O. The van der Waals surface area contributed by atoms with Crippen molar-refractivity contribution in [2.75, 3.05) is 0 Å². The van der Waals surface area contributed by atoms with E-state index in [1.807, 2.05) is 13.8 Å². The highest BCUT2D eigenvalue weighted by Gasteiger charge is 2.06. The highest BCUT2D eigenvalue weighted by Crippen LogP contribution is 1.99. The van der Waals surface area contributed by atoms with Gasteiger partial charge in [-0.2, -0.15) is 0 Å². The summed E-state index contributed by atoms with van der Waals surface area (Å²) in [7, 11) is 1.80. The number of allylic oxidation sites excluding steroid dienone is 2. The standard InChI is InChI=1S/C9H12N2O/c1-7(2)6-8(12)9-10-4-5-11(9)3/h4-6H,1-3H3. The molecule has 0 unspecified atom stereocenters. The number of aryl methyl sites for hydroxylation is 1. The van der Waals surface area contributed by atoms with Crippen LogP contribution in [-0.2, 0) is 7.05 Å². The zero-order chi connectivity index (χ0) is 9.14. The van der Waals surface area contributed by atoms with Gasteiger partial charge < -0.3 is 4.57 Å². The van der Waals surface area contributed by atoms with Gasteiger partial charge >= 0.3 is 0 Å². The Kier molecular flexibility index (Phi) is 2.43. The molecule has 0 amide bonds. The van der Waals surface area contributed by atoms with E-state index >= 15 is 0 Å². The fourth-order valence-corrected chi connectivity index (χ4v) is 0.930. The van der Waals surface area contributed by atoms with Crippen molar-refractivity contribution in [2.45, 2.75) is 13.8 Å². The molecule has 1 aromatic rings. The fraction of sp³-hybridized carbons (Fsp3) is 0.333. The van der Waals surface area contributed by atoms with Crippen LogP contribution in [0.15, 0.2) is 24.0 Å². The maximum atomic E-state index is 11.4. The number of rotatable bonds is 2. The van der Waals surface area contributed by atoms with Crippen molar-refractivity contribution in [3.63, 3.8) is 0 Å². The Morgan fingerprint density at radius 2 is 2.25 bits per heavy atom. The smallest absolute Gasteiger partial charge is 0.221 e. The number of nitrogens with zero attached hydrogens (tertiary/aromatic N) is 2. The van der Waals surface area contributed by atoms with Gasteiger partial charge in [0, 0.05) is 19.4 Å². The number of carbonyl (C=O) groups excluding carboxylic acids is 1. The van der Waals surface area contributed by atoms with Crippen LogP contribution in [0.3, 0.4) is 0 Å². The van der Waals surface area contributed by atoms with Crippen LogP contribution in [-0.4, -0.2) is 15.3 Å². The van der Waals surface area contributed by atoms with E-state index in [0.29, 0.717) is 5.82 Å². The summed E-state index contributed by atoms with van der Waals surface area (Å²) in [5.41, 5.74) is 0.989. The predicted octanol–water partition coefficient (Wildman–Crippen LogP) is 1.57. The topological polar surface area (TPSA) is 34.9 Å². The van der Waals surface area contributed by atoms with Crippen molar-refractivity contribution < 1.29 is 4.79 Å². The van der Waals surface area contributed by atoms with Crippen LogP contribution >= 0.6 is 0 Å². The Bertz CT molecular complexity index is 319. The molecule has 12 heavy (non-hydrogen) atoms. The second-order valence-electron chi connectivity index (χ2n) is 2.95. The first-order chi connectivity index (χ1) is 5.61. The summed E-state index contributed by atoms with van der Waals surface area (Å²) in [4.78, 5) is 15.3. The molecule has 0 N–H and O–H groups in total. The first kappa shape index (κ1) is 8.71. The fourth-order valence-electron chi connectivity index (χ4n) is 0.930. The SMILES string of the molecule is CC(C)=CC(=O)c1nccn1C. The van der Waals surface area contributed by atoms with Crippen LogP contribution < -0.4 is 0 Å². The molecule has 3 nitrogen and oxygen atoms in total. The first-order valence-electron chi connectivity index (χ1n) is 3.78. The van der Waals surface area contributed by atoms with Crippen LogP contribution in [0.25, 0.3) is 0 Å². The largest absolute Gasteiger partial charge is 0.331 e. The third-order valence-electron chi connectivity index (χ3n) is 1.46. The van der Waals surface area contributed by atoms with Crippen LogP contribution in [0.1, 0.15) is 24.5 Å². The van der Waals surface area contributed by atoms with Gasteiger partial charge in [-0.3, -0.25) is 4.79 Å². The van der Waals surface area contributed by atoms with E-state index in [4.69, 9.17) is 0 Å². The molecule has 0 aliphatic rings. The highest BCUT2D eigenvalue weighted by molar-refractivity contribution is 6.02. The number of hydrogen-bond acceptors (Lipinski definition) is 2. The quantitative estimate of drug-likeness (QED) is 0.491. The molecular weight excluding hydrogens is 152 g/mol. The van der Waals surface area contributed by atoms with Crippen molar-refractivity contribution in [3.8, 4) is 0 Å². The molecule has 1 heterocycles. The molecule has 0 spiro atoms. The molecule has 0 bridgehead atoms. The molecule has 1 rings (SSSR count). The average Bonchev–Trinajstić information content (AvgIpc) is 2.33. The minimum Gasteiger partial charge on any atom is -0.331 e. The molecule has 1 aromatic heterocycles. The van der Waals surface area contributed by atoms with E-state index in [0.717, 1.165) is 5.57 Å². The van der Waals surface area contributed by atoms with Gasteiger partial charge in [0.15, 0.2) is 5.82 Å². The van der Waals surface area contributed by atoms with Gasteiger partial charge in [0.2, 0.25) is 5.78 Å². The third-order valence-corrected chi connectivity index (χ3v) is 1.46. The summed E-state index contributed by atoms with van der Waals surface area (Å²) in [6, 6.07) is 0. The lowest BCUT2D eigenvalue weighted by Crippen LogP contribution is -2.04. The monoisotopic (exact) mass is 164 g/mol. The molecule has 0 saturated heterocycles. The molecule has 0 radical (unpaired) electrons. The Labute approximate surface area is 71.7 Å². The van der Waals surface area contributed by atoms with Crippen molar-refractivity contribution in [1.82, 2.24) is 9.55 Å². The van der Waals surface area contributed by atoms with Crippen molar-refractivity contribution >= 4 is 5.78 Å². The number of carbonyl (C=O) groups is 1. The number of ketones is 1. The minimum atomic E-state index is -0.0394. The summed E-state index contributed by atoms with van der Waals surface area (Å²) in [5.74, 6) is 0.443. The van der Waals surface area contributed by atoms with Crippen molar-refractivity contribution in [3.05, 3.63) is 29.9 Å². The minimum absolute atomic E-state index is 0.0394. The molecule has 0 fully saturated rings. The summed E-state index contributed by atoms with van der Waals surface area (Å²) in [5, 5.41) is 0. The zero-order valence-corrected chi connectivity index (χ0v) is 7.53. The predicted molar refractivity (Wildman–Crippen MR) is 47.0 cm³/mol. The summed E-state index contributed by atoms with van der Waals surface area (Å²) < 4.78 is 1.71. The molecule has 64 valence electrons. The number of imidazole rings is 1. The Hall–Kier alpha value is -1.38. The Morgan fingerprint density at radius 1 is 1.58 bits per heavy atom. The van der Waals surface area contributed by atoms with Crippen molar-refractivity contribution in [2.24, 2.45) is 7.05 Å². The van der Waals surface area contributed by atoms with Gasteiger partial charge in [0.05, 0.1) is 0 Å². The van der Waals surface area contributed by atoms with E-state index in [9.17, 15) is 4.79 Å². The molecule has 0 aliphatic heterocycles. The Morgan fingerprint density at radius 3 is 2.67 bits per heavy atom. The van der Waals surface area contributed by atoms with Gasteiger partial charge in [-0.05, 0) is 19.9 Å². The molecule has 0 atom stereocenters. The van der Waals surface area contributed by atoms with Gasteiger partial charge in [-0.15, -0.1) is 0 Å². The summed E-state index contributed by atoms with van der Waals surface area (Å²) >= 11 is 0. The summed E-state index contributed by atoms with van der Waals surface area (Å²) in [6.45, 7) is 3.78. The van der Waals surface area contributed by atoms with E-state index in [1.54, 1.807) is 30.1 Å². The molecule has 0 aliphatic carbocycles. The van der Waals surface area contributed by atoms with Crippen LogP contribution in [0, 0.1) is 0 Å². The lowest BCUT2D eigenvalue weighted by Gasteiger charge is -1.95. The average molecular weight is 164 g/mol. The van der Waals surface area contributed by atoms with Crippen LogP contribution in [0.5, 0.6) is 0 Å². The normalized spacial score (nSPS) is 9.58. The van der Waals surface area contributed by atoms with Gasteiger partial charge in [-0.1, -0.05) is 5.57 Å². The van der Waals surface area contributed by atoms with E-state index in [2.05, 4.69) is 4.98 Å². The lowest BCUT2D eigenvalue weighted by molar-refractivity contribution is 0.103. The third kappa shape index (κ3) is 1.81. The number of aromatic nitrogens is 2. The summed E-state index contributed by atoms with van der Waals surface area (Å²) in [6.07, 6.45) is 4.96. The van der Waals surface area contributed by atoms with Crippen LogP contribution in [0.4, 0.5) is 0 Å². The van der Waals surface area contributed by atoms with Crippen molar-refractivity contribution in [1.29, 1.82) is 0 Å². The zero-order valence-electron chi connectivity index (χ0n) is 7.53. The van der Waals surface area contributed by atoms with E-state index < -0.39 is 0 Å². The van der Waals surface area contributed by atoms with Gasteiger partial charge in [0.25, 0.3) is 0 Å². The maximum Gasteiger partial charge on any atom is 0.221 e. The maximum absolute atomic E-state index is 11.4. The van der Waals surface area contributed by atoms with E-state index in [1.165, 1.54) is 0 Å². The molecule has 3 heteroatoms. The van der Waals surface area contributed by atoms with Gasteiger partial charge in [0.1, 0.15) is 0 Å². The van der Waals surface area contributed by atoms with Crippen LogP contribution in [0.2, 0.25) is 0 Å². The molecule has 0 aromatic carbocycles. The van der Waals surface area contributed by atoms with E-state index in [-0.39, 0.29) is 5.78 Å². The number of hydrogen-bond donors (Lipinski definition) is 0.